The number of hydrogen-bond donors (Lipinski definition) is 2. The van der Waals surface area contributed by atoms with E-state index in [1.807, 2.05) is 0 Å². The van der Waals surface area contributed by atoms with Crippen molar-refractivity contribution in [3.63, 3.8) is 0 Å². The van der Waals surface area contributed by atoms with Gasteiger partial charge in [0.25, 0.3) is 0 Å². The van der Waals surface area contributed by atoms with Gasteiger partial charge in [-0.05, 0) is 43.5 Å². The molecule has 22 heavy (non-hydrogen) atoms. The summed E-state index contributed by atoms with van der Waals surface area (Å²) >= 11 is 0. The summed E-state index contributed by atoms with van der Waals surface area (Å²) in [6.45, 7) is 5.11. The molecule has 1 aromatic carbocycles. The number of nitrogens with one attached hydrogen (secondary N) is 2. The van der Waals surface area contributed by atoms with Gasteiger partial charge in [-0.25, -0.2) is 4.39 Å². The molecule has 1 atom stereocenters. The smallest absolute Gasteiger partial charge is 0.225 e. The number of carbonyl (C=O) groups is 1. The first-order valence-corrected chi connectivity index (χ1v) is 7.64. The Morgan fingerprint density at radius 1 is 1.36 bits per heavy atom. The van der Waals surface area contributed by atoms with Gasteiger partial charge >= 0.3 is 0 Å². The highest BCUT2D eigenvalue weighted by molar-refractivity contribution is 5.90. The lowest BCUT2D eigenvalue weighted by atomic mass is 9.87. The van der Waals surface area contributed by atoms with Crippen LogP contribution >= 0.6 is 12.4 Å². The van der Waals surface area contributed by atoms with E-state index in [1.54, 1.807) is 18.2 Å². The molecule has 0 aliphatic carbocycles. The summed E-state index contributed by atoms with van der Waals surface area (Å²) < 4.78 is 13.5. The van der Waals surface area contributed by atoms with Gasteiger partial charge in [0.2, 0.25) is 5.91 Å². The van der Waals surface area contributed by atoms with E-state index in [4.69, 9.17) is 0 Å². The monoisotopic (exact) mass is 327 g/mol. The van der Waals surface area contributed by atoms with Gasteiger partial charge in [0.05, 0.1) is 5.69 Å². The molecule has 1 unspecified atom stereocenters. The Labute approximate surface area is 136 Å². The first kappa shape index (κ1) is 17.2. The fourth-order valence-electron chi connectivity index (χ4n) is 3.40. The molecule has 1 aromatic rings. The Morgan fingerprint density at radius 2 is 2.18 bits per heavy atom. The zero-order valence-corrected chi connectivity index (χ0v) is 13.4. The number of amides is 1. The minimum atomic E-state index is -0.386. The van der Waals surface area contributed by atoms with Crippen molar-refractivity contribution in [2.45, 2.75) is 19.3 Å². The topological polar surface area (TPSA) is 44.4 Å². The van der Waals surface area contributed by atoms with Gasteiger partial charge in [-0.15, -0.1) is 12.4 Å². The number of likely N-dealkylation sites (tertiary alicyclic amines) is 1. The van der Waals surface area contributed by atoms with Crippen molar-refractivity contribution >= 4 is 24.0 Å². The van der Waals surface area contributed by atoms with Gasteiger partial charge in [0, 0.05) is 26.1 Å². The number of benzene rings is 1. The third-order valence-electron chi connectivity index (χ3n) is 4.65. The number of rotatable bonds is 4. The Balaban J connectivity index is 0.00000176. The average molecular weight is 328 g/mol. The van der Waals surface area contributed by atoms with E-state index in [-0.39, 0.29) is 29.8 Å². The zero-order chi connectivity index (χ0) is 14.7. The molecular weight excluding hydrogens is 305 g/mol. The number of hydrogen-bond acceptors (Lipinski definition) is 3. The molecule has 3 rings (SSSR count). The highest BCUT2D eigenvalue weighted by atomic mass is 35.5. The molecule has 6 heteroatoms. The first-order valence-electron chi connectivity index (χ1n) is 7.64. The highest BCUT2D eigenvalue weighted by Crippen LogP contribution is 2.35. The van der Waals surface area contributed by atoms with Crippen LogP contribution in [0.4, 0.5) is 10.1 Å². The summed E-state index contributed by atoms with van der Waals surface area (Å²) in [5, 5.41) is 6.07. The van der Waals surface area contributed by atoms with Crippen molar-refractivity contribution in [2.24, 2.45) is 5.41 Å². The largest absolute Gasteiger partial charge is 0.324 e. The minimum absolute atomic E-state index is 0. The van der Waals surface area contributed by atoms with E-state index in [0.29, 0.717) is 11.8 Å². The van der Waals surface area contributed by atoms with Crippen LogP contribution in [0.3, 0.4) is 0 Å². The Morgan fingerprint density at radius 3 is 2.91 bits per heavy atom. The number of para-hydroxylation sites is 1. The van der Waals surface area contributed by atoms with E-state index in [2.05, 4.69) is 15.5 Å². The molecule has 2 aliphatic heterocycles. The summed E-state index contributed by atoms with van der Waals surface area (Å²) in [5.74, 6) is -0.506. The van der Waals surface area contributed by atoms with E-state index >= 15 is 0 Å². The fraction of sp³-hybridized carbons (Fsp3) is 0.562. The summed E-state index contributed by atoms with van der Waals surface area (Å²) in [5.41, 5.74) is 0.697. The normalized spacial score (nSPS) is 24.4. The Bertz CT molecular complexity index is 520. The predicted octanol–water partition coefficient (Wildman–Crippen LogP) is 2.26. The van der Waals surface area contributed by atoms with Gasteiger partial charge < -0.3 is 15.5 Å². The van der Waals surface area contributed by atoms with Crippen LogP contribution in [0, 0.1) is 11.2 Å². The van der Waals surface area contributed by atoms with Gasteiger partial charge in [-0.3, -0.25) is 4.79 Å². The van der Waals surface area contributed by atoms with Crippen LogP contribution in [-0.4, -0.2) is 43.5 Å². The molecule has 2 fully saturated rings. The lowest BCUT2D eigenvalue weighted by Crippen LogP contribution is -2.31. The lowest BCUT2D eigenvalue weighted by Gasteiger charge is -2.22. The first-order chi connectivity index (χ1) is 10.2. The predicted molar refractivity (Wildman–Crippen MR) is 87.9 cm³/mol. The van der Waals surface area contributed by atoms with Crippen molar-refractivity contribution < 1.29 is 9.18 Å². The molecule has 1 spiro atoms. The van der Waals surface area contributed by atoms with Gasteiger partial charge in [-0.2, -0.15) is 0 Å². The second-order valence-corrected chi connectivity index (χ2v) is 6.23. The SMILES string of the molecule is Cl.O=C(CCN1CCC2(CCNC2)C1)Nc1ccccc1F. The van der Waals surface area contributed by atoms with Crippen LogP contribution in [0.1, 0.15) is 19.3 Å². The van der Waals surface area contributed by atoms with Crippen molar-refractivity contribution in [1.29, 1.82) is 0 Å². The highest BCUT2D eigenvalue weighted by Gasteiger charge is 2.39. The molecule has 4 nitrogen and oxygen atoms in total. The Hall–Kier alpha value is -1.17. The van der Waals surface area contributed by atoms with E-state index < -0.39 is 0 Å². The molecule has 1 amide bonds. The summed E-state index contributed by atoms with van der Waals surface area (Å²) in [7, 11) is 0. The van der Waals surface area contributed by atoms with Crippen molar-refractivity contribution in [3.05, 3.63) is 30.1 Å². The number of carbonyl (C=O) groups excluding carboxylic acids is 1. The molecule has 0 bridgehead atoms. The minimum Gasteiger partial charge on any atom is -0.324 e. The van der Waals surface area contributed by atoms with Crippen LogP contribution in [0.2, 0.25) is 0 Å². The number of nitrogens with zero attached hydrogens (tertiary/aromatic N) is 1. The average Bonchev–Trinajstić information content (AvgIpc) is 3.10. The molecule has 2 saturated heterocycles. The lowest BCUT2D eigenvalue weighted by molar-refractivity contribution is -0.116. The number of halogens is 2. The summed E-state index contributed by atoms with van der Waals surface area (Å²) in [6, 6.07) is 6.27. The third kappa shape index (κ3) is 3.97. The Kier molecular flexibility index (Phi) is 5.78. The van der Waals surface area contributed by atoms with Crippen LogP contribution in [0.25, 0.3) is 0 Å². The second kappa shape index (κ2) is 7.40. The van der Waals surface area contributed by atoms with Crippen molar-refractivity contribution in [2.75, 3.05) is 38.0 Å². The van der Waals surface area contributed by atoms with E-state index in [1.165, 1.54) is 18.9 Å². The van der Waals surface area contributed by atoms with Gasteiger partial charge in [0.1, 0.15) is 5.82 Å². The summed E-state index contributed by atoms with van der Waals surface area (Å²) in [4.78, 5) is 14.3. The van der Waals surface area contributed by atoms with E-state index in [0.717, 1.165) is 32.7 Å². The standard InChI is InChI=1S/C16H22FN3O.ClH/c17-13-3-1-2-4-14(13)19-15(21)5-9-20-10-7-16(12-20)6-8-18-11-16;/h1-4,18H,5-12H2,(H,19,21);1H. The molecule has 0 radical (unpaired) electrons. The fourth-order valence-corrected chi connectivity index (χ4v) is 3.40. The van der Waals surface area contributed by atoms with Crippen molar-refractivity contribution in [1.82, 2.24) is 10.2 Å². The molecule has 122 valence electrons. The maximum atomic E-state index is 13.5. The molecule has 0 saturated carbocycles. The van der Waals surface area contributed by atoms with Crippen LogP contribution in [-0.2, 0) is 4.79 Å². The second-order valence-electron chi connectivity index (χ2n) is 6.23. The van der Waals surface area contributed by atoms with E-state index in [9.17, 15) is 9.18 Å². The third-order valence-corrected chi connectivity index (χ3v) is 4.65. The van der Waals surface area contributed by atoms with Crippen LogP contribution in [0.15, 0.2) is 24.3 Å². The quantitative estimate of drug-likeness (QED) is 0.891. The maximum absolute atomic E-state index is 13.5. The van der Waals surface area contributed by atoms with Crippen LogP contribution in [0.5, 0.6) is 0 Å². The number of anilines is 1. The van der Waals surface area contributed by atoms with Crippen molar-refractivity contribution in [3.8, 4) is 0 Å². The molecule has 2 heterocycles. The molecule has 2 aliphatic rings. The molecule has 0 aromatic heterocycles. The molecule has 2 N–H and O–H groups in total. The zero-order valence-electron chi connectivity index (χ0n) is 12.6. The van der Waals surface area contributed by atoms with Gasteiger partial charge in [-0.1, -0.05) is 12.1 Å². The van der Waals surface area contributed by atoms with Gasteiger partial charge in [0.15, 0.2) is 0 Å². The van der Waals surface area contributed by atoms with Crippen LogP contribution < -0.4 is 10.6 Å². The molecular formula is C16H23ClFN3O. The maximum Gasteiger partial charge on any atom is 0.225 e. The summed E-state index contributed by atoms with van der Waals surface area (Å²) in [6.07, 6.45) is 2.87.